The molecule has 11 heteroatoms. The second kappa shape index (κ2) is 7.30. The molecule has 0 aromatic rings. The Kier molecular flexibility index (Phi) is 6.68. The van der Waals surface area contributed by atoms with Crippen LogP contribution in [0.15, 0.2) is 0 Å². The summed E-state index contributed by atoms with van der Waals surface area (Å²) in [6.45, 7) is -4.43. The average molecular weight is 326 g/mol. The molecule has 0 radical (unpaired) electrons. The fourth-order valence-corrected chi connectivity index (χ4v) is 7.07. The maximum absolute atomic E-state index is 11.1. The topological polar surface area (TPSA) is 187 Å². The van der Waals surface area contributed by atoms with Crippen LogP contribution in [0.25, 0.3) is 0 Å². The third-order valence-corrected chi connectivity index (χ3v) is 8.42. The first-order valence-electron chi connectivity index (χ1n) is 5.88. The minimum atomic E-state index is -4.34. The molecule has 0 amide bonds. The summed E-state index contributed by atoms with van der Waals surface area (Å²) in [6.07, 6.45) is -3.40. The molecule has 0 atom stereocenters. The Labute approximate surface area is 119 Å². The number of nitrogens with one attached hydrogen (secondary N) is 1. The van der Waals surface area contributed by atoms with E-state index in [0.717, 1.165) is 0 Å². The molecule has 0 saturated heterocycles. The van der Waals surface area contributed by atoms with Crippen molar-refractivity contribution in [3.8, 4) is 0 Å². The predicted octanol–water partition coefficient (Wildman–Crippen LogP) is -1.66. The van der Waals surface area contributed by atoms with Crippen molar-refractivity contribution < 1.29 is 39.6 Å². The first-order chi connectivity index (χ1) is 9.54. The molecule has 10 nitrogen and oxygen atoms in total. The Morgan fingerprint density at radius 1 is 0.762 bits per heavy atom. The van der Waals surface area contributed by atoms with Gasteiger partial charge in [0.1, 0.15) is 0 Å². The van der Waals surface area contributed by atoms with Gasteiger partial charge in [0.15, 0.2) is 0 Å². The molecule has 0 unspecified atom stereocenters. The molecule has 0 aliphatic heterocycles. The van der Waals surface area contributed by atoms with Gasteiger partial charge in [-0.2, -0.15) is 0 Å². The van der Waals surface area contributed by atoms with Crippen molar-refractivity contribution in [2.24, 2.45) is 5.73 Å². The molecule has 0 spiro atoms. The maximum atomic E-state index is 11.1. The van der Waals surface area contributed by atoms with Gasteiger partial charge >= 0.3 is 119 Å². The molecule has 7 N–H and O–H groups in total. The van der Waals surface area contributed by atoms with Crippen molar-refractivity contribution >= 4 is 30.6 Å². The van der Waals surface area contributed by atoms with E-state index in [1.54, 1.807) is 0 Å². The zero-order valence-corrected chi connectivity index (χ0v) is 12.1. The molecule has 0 fully saturated rings. The number of nitrogens with two attached hydrogens (primary N) is 1. The predicted molar refractivity (Wildman–Crippen MR) is 74.0 cm³/mol. The first kappa shape index (κ1) is 19.2. The van der Waals surface area contributed by atoms with E-state index in [2.05, 4.69) is 5.09 Å². The van der Waals surface area contributed by atoms with Gasteiger partial charge in [0, 0.05) is 0 Å². The summed E-state index contributed by atoms with van der Waals surface area (Å²) in [7, 11) is 0. The summed E-state index contributed by atoms with van der Waals surface area (Å²) in [5.74, 6) is -5.83. The molecule has 0 aliphatic carbocycles. The summed E-state index contributed by atoms with van der Waals surface area (Å²) in [5.41, 5.74) is 5.29. The van der Waals surface area contributed by atoms with Crippen LogP contribution in [0.1, 0.15) is 0 Å². The number of carboxylic acid groups (broad SMARTS) is 4. The summed E-state index contributed by atoms with van der Waals surface area (Å²) in [6, 6.07) is 0. The standard InChI is InChI=1S/C10H19N2O8P/c11-1-2-12-21(3-7(13)14,4-8(15)16,5-9(17)18)6-10(19)20/h12H,1-6,11H2,(H,13,14)(H,15,16)(H,17,18)(H,19,20). The van der Waals surface area contributed by atoms with Crippen LogP contribution in [-0.4, -0.2) is 82.0 Å². The fraction of sp³-hybridized carbons (Fsp3) is 0.600. The van der Waals surface area contributed by atoms with Gasteiger partial charge in [0.05, 0.1) is 0 Å². The summed E-state index contributed by atoms with van der Waals surface area (Å²) < 4.78 is 0. The normalized spacial score (nSPS) is 13.1. The molecule has 0 rings (SSSR count). The zero-order valence-electron chi connectivity index (χ0n) is 11.2. The van der Waals surface area contributed by atoms with E-state index in [-0.39, 0.29) is 13.1 Å². The fourth-order valence-electron chi connectivity index (χ4n) is 2.36. The molecule has 21 heavy (non-hydrogen) atoms. The van der Waals surface area contributed by atoms with Crippen LogP contribution in [0.2, 0.25) is 0 Å². The molecule has 0 aliphatic rings. The van der Waals surface area contributed by atoms with Gasteiger partial charge in [0.2, 0.25) is 0 Å². The van der Waals surface area contributed by atoms with Crippen LogP contribution in [-0.2, 0) is 19.2 Å². The molecule has 122 valence electrons. The molecule has 0 saturated carbocycles. The number of rotatable bonds is 11. The molecule has 0 bridgehead atoms. The van der Waals surface area contributed by atoms with E-state index in [9.17, 15) is 19.2 Å². The Hall–Kier alpha value is -1.77. The van der Waals surface area contributed by atoms with Gasteiger partial charge < -0.3 is 0 Å². The van der Waals surface area contributed by atoms with Crippen LogP contribution in [0.5, 0.6) is 0 Å². The summed E-state index contributed by atoms with van der Waals surface area (Å²) in [5, 5.41) is 38.7. The number of aliphatic carboxylic acids is 4. The van der Waals surface area contributed by atoms with E-state index in [4.69, 9.17) is 26.2 Å². The van der Waals surface area contributed by atoms with Crippen molar-refractivity contribution in [3.63, 3.8) is 0 Å². The monoisotopic (exact) mass is 326 g/mol. The third-order valence-electron chi connectivity index (χ3n) is 2.90. The van der Waals surface area contributed by atoms with Crippen molar-refractivity contribution in [1.82, 2.24) is 5.09 Å². The third kappa shape index (κ3) is 6.03. The van der Waals surface area contributed by atoms with Crippen LogP contribution < -0.4 is 10.8 Å². The van der Waals surface area contributed by atoms with Crippen LogP contribution in [0, 0.1) is 0 Å². The summed E-state index contributed by atoms with van der Waals surface area (Å²) in [4.78, 5) is 44.4. The van der Waals surface area contributed by atoms with Gasteiger partial charge in [-0.15, -0.1) is 0 Å². The summed E-state index contributed by atoms with van der Waals surface area (Å²) >= 11 is 0. The number of carbonyl (C=O) groups is 4. The number of hydrogen-bond donors (Lipinski definition) is 6. The van der Waals surface area contributed by atoms with E-state index in [1.165, 1.54) is 0 Å². The van der Waals surface area contributed by atoms with Crippen molar-refractivity contribution in [2.45, 2.75) is 0 Å². The van der Waals surface area contributed by atoms with E-state index >= 15 is 0 Å². The molecule has 0 aromatic carbocycles. The van der Waals surface area contributed by atoms with Crippen molar-refractivity contribution in [2.75, 3.05) is 37.7 Å². The van der Waals surface area contributed by atoms with E-state index < -0.39 is 55.3 Å². The van der Waals surface area contributed by atoms with Gasteiger partial charge in [-0.25, -0.2) is 0 Å². The average Bonchev–Trinajstić information content (AvgIpc) is 2.21. The van der Waals surface area contributed by atoms with Crippen molar-refractivity contribution in [3.05, 3.63) is 0 Å². The Bertz CT molecular complexity index is 377. The first-order valence-corrected chi connectivity index (χ1v) is 8.85. The van der Waals surface area contributed by atoms with E-state index in [1.807, 2.05) is 0 Å². The number of carboxylic acids is 4. The molecule has 0 aromatic heterocycles. The van der Waals surface area contributed by atoms with Crippen LogP contribution in [0.4, 0.5) is 0 Å². The van der Waals surface area contributed by atoms with Gasteiger partial charge in [-0.3, -0.25) is 0 Å². The van der Waals surface area contributed by atoms with Crippen LogP contribution >= 0.6 is 6.75 Å². The quantitative estimate of drug-likeness (QED) is 0.240. The Morgan fingerprint density at radius 2 is 1.05 bits per heavy atom. The van der Waals surface area contributed by atoms with Gasteiger partial charge in [-0.05, 0) is 0 Å². The van der Waals surface area contributed by atoms with E-state index in [0.29, 0.717) is 0 Å². The Morgan fingerprint density at radius 3 is 1.24 bits per heavy atom. The second-order valence-electron chi connectivity index (χ2n) is 4.88. The Balaban J connectivity index is 6.04. The van der Waals surface area contributed by atoms with Crippen LogP contribution in [0.3, 0.4) is 0 Å². The molecular weight excluding hydrogens is 307 g/mol. The van der Waals surface area contributed by atoms with Crippen molar-refractivity contribution in [1.29, 1.82) is 0 Å². The second-order valence-corrected chi connectivity index (χ2v) is 10.4. The van der Waals surface area contributed by atoms with Gasteiger partial charge in [-0.1, -0.05) is 0 Å². The minimum absolute atomic E-state index is 0.0175. The number of hydrogen-bond acceptors (Lipinski definition) is 6. The molecular formula is C10H19N2O8P. The molecule has 0 heterocycles. The SMILES string of the molecule is NCCNP(CC(=O)O)(CC(=O)O)(CC(=O)O)CC(=O)O. The van der Waals surface area contributed by atoms with Gasteiger partial charge in [0.25, 0.3) is 0 Å². The zero-order chi connectivity index (χ0) is 16.7.